The molecular formula is C11H10ClF2NO. The number of carbonyl (C=O) groups excluding carboxylic acids is 1. The molecule has 1 amide bonds. The van der Waals surface area contributed by atoms with Gasteiger partial charge in [-0.3, -0.25) is 4.79 Å². The molecule has 1 aromatic rings. The molecule has 2 rings (SSSR count). The lowest BCUT2D eigenvalue weighted by Crippen LogP contribution is -2.59. The Balaban J connectivity index is 2.10. The minimum atomic E-state index is -1.64. The molecule has 2 nitrogen and oxygen atoms in total. The lowest BCUT2D eigenvalue weighted by Gasteiger charge is -2.44. The zero-order chi connectivity index (χ0) is 11.8. The van der Waals surface area contributed by atoms with E-state index in [0.29, 0.717) is 0 Å². The third kappa shape index (κ3) is 1.89. The highest BCUT2D eigenvalue weighted by atomic mass is 35.5. The first-order valence-electron chi connectivity index (χ1n) is 4.84. The Morgan fingerprint density at radius 1 is 1.50 bits per heavy atom. The normalized spacial score (nSPS) is 18.1. The zero-order valence-corrected chi connectivity index (χ0v) is 9.18. The van der Waals surface area contributed by atoms with Crippen LogP contribution in [-0.2, 0) is 10.5 Å². The van der Waals surface area contributed by atoms with Crippen molar-refractivity contribution < 1.29 is 13.6 Å². The van der Waals surface area contributed by atoms with Gasteiger partial charge in [-0.15, -0.1) is 11.6 Å². The van der Waals surface area contributed by atoms with E-state index in [9.17, 15) is 13.6 Å². The molecule has 16 heavy (non-hydrogen) atoms. The second kappa shape index (κ2) is 4.01. The minimum absolute atomic E-state index is 0.0536. The zero-order valence-electron chi connectivity index (χ0n) is 8.42. The topological polar surface area (TPSA) is 20.3 Å². The average molecular weight is 246 g/mol. The molecular weight excluding hydrogens is 236 g/mol. The summed E-state index contributed by atoms with van der Waals surface area (Å²) in [5.74, 6) is -0.929. The van der Waals surface area contributed by atoms with E-state index in [1.165, 1.54) is 23.1 Å². The fourth-order valence-corrected chi connectivity index (χ4v) is 1.94. The van der Waals surface area contributed by atoms with E-state index >= 15 is 0 Å². The average Bonchev–Trinajstić information content (AvgIpc) is 2.23. The fourth-order valence-electron chi connectivity index (χ4n) is 1.77. The van der Waals surface area contributed by atoms with Crippen molar-refractivity contribution in [2.75, 3.05) is 19.0 Å². The van der Waals surface area contributed by atoms with Crippen molar-refractivity contribution in [3.8, 4) is 0 Å². The third-order valence-corrected chi connectivity index (χ3v) is 2.92. The molecule has 0 radical (unpaired) electrons. The molecule has 86 valence electrons. The molecule has 0 atom stereocenters. The summed E-state index contributed by atoms with van der Waals surface area (Å²) in [6, 6.07) is 5.39. The number of nitrogens with zero attached hydrogens (tertiary/aromatic N) is 1. The molecule has 5 heteroatoms. The number of halogens is 3. The Hall–Kier alpha value is -1.16. The Morgan fingerprint density at radius 2 is 2.19 bits per heavy atom. The first-order valence-corrected chi connectivity index (χ1v) is 5.37. The second-order valence-corrected chi connectivity index (χ2v) is 4.13. The molecule has 1 heterocycles. The standard InChI is InChI=1S/C11H10ClF2NO/c12-5-10(16)15-6-11(14,7-15)8-2-1-3-9(13)4-8/h1-4H,5-7H2. The number of alkyl halides is 2. The molecule has 1 aliphatic heterocycles. The molecule has 0 spiro atoms. The summed E-state index contributed by atoms with van der Waals surface area (Å²) in [5, 5.41) is 0. The summed E-state index contributed by atoms with van der Waals surface area (Å²) in [7, 11) is 0. The van der Waals surface area contributed by atoms with Crippen molar-refractivity contribution in [2.45, 2.75) is 5.67 Å². The monoisotopic (exact) mass is 245 g/mol. The van der Waals surface area contributed by atoms with Gasteiger partial charge in [-0.2, -0.15) is 0 Å². The van der Waals surface area contributed by atoms with Gasteiger partial charge in [0.1, 0.15) is 11.7 Å². The van der Waals surface area contributed by atoms with Gasteiger partial charge in [0.05, 0.1) is 13.1 Å². The first kappa shape index (κ1) is 11.3. The molecule has 1 aromatic carbocycles. The maximum absolute atomic E-state index is 14.2. The molecule has 1 aliphatic rings. The van der Waals surface area contributed by atoms with Gasteiger partial charge in [0.25, 0.3) is 0 Å². The van der Waals surface area contributed by atoms with Crippen LogP contribution < -0.4 is 0 Å². The quantitative estimate of drug-likeness (QED) is 0.731. The van der Waals surface area contributed by atoms with Crippen molar-refractivity contribution in [2.24, 2.45) is 0 Å². The van der Waals surface area contributed by atoms with Crippen molar-refractivity contribution in [3.05, 3.63) is 35.6 Å². The van der Waals surface area contributed by atoms with Gasteiger partial charge in [0.15, 0.2) is 5.67 Å². The summed E-state index contributed by atoms with van der Waals surface area (Å²) in [6.45, 7) is -0.107. The number of carbonyl (C=O) groups is 1. The first-order chi connectivity index (χ1) is 7.55. The van der Waals surface area contributed by atoms with Crippen molar-refractivity contribution >= 4 is 17.5 Å². The number of benzene rings is 1. The Morgan fingerprint density at radius 3 is 2.75 bits per heavy atom. The number of likely N-dealkylation sites (tertiary alicyclic amines) is 1. The largest absolute Gasteiger partial charge is 0.334 e. The number of rotatable bonds is 2. The van der Waals surface area contributed by atoms with Crippen LogP contribution in [0, 0.1) is 5.82 Å². The maximum atomic E-state index is 14.2. The SMILES string of the molecule is O=C(CCl)N1CC(F)(c2cccc(F)c2)C1. The summed E-state index contributed by atoms with van der Waals surface area (Å²) in [5.41, 5.74) is -1.37. The van der Waals surface area contributed by atoms with E-state index in [1.54, 1.807) is 0 Å². The summed E-state index contributed by atoms with van der Waals surface area (Å²) < 4.78 is 27.1. The lowest BCUT2D eigenvalue weighted by atomic mass is 9.88. The highest BCUT2D eigenvalue weighted by molar-refractivity contribution is 6.27. The molecule has 1 saturated heterocycles. The fraction of sp³-hybridized carbons (Fsp3) is 0.364. The molecule has 0 saturated carbocycles. The van der Waals surface area contributed by atoms with Gasteiger partial charge in [0.2, 0.25) is 5.91 Å². The summed E-state index contributed by atoms with van der Waals surface area (Å²) in [6.07, 6.45) is 0. The number of amides is 1. The van der Waals surface area contributed by atoms with Crippen LogP contribution in [0.25, 0.3) is 0 Å². The summed E-state index contributed by atoms with van der Waals surface area (Å²) in [4.78, 5) is 12.5. The van der Waals surface area contributed by atoms with E-state index in [-0.39, 0.29) is 30.4 Å². The van der Waals surface area contributed by atoms with Gasteiger partial charge in [-0.05, 0) is 17.7 Å². The van der Waals surface area contributed by atoms with Crippen LogP contribution in [0.5, 0.6) is 0 Å². The van der Waals surface area contributed by atoms with Crippen LogP contribution in [0.2, 0.25) is 0 Å². The van der Waals surface area contributed by atoms with E-state index < -0.39 is 11.5 Å². The van der Waals surface area contributed by atoms with Crippen LogP contribution in [0.3, 0.4) is 0 Å². The van der Waals surface area contributed by atoms with Gasteiger partial charge >= 0.3 is 0 Å². The van der Waals surface area contributed by atoms with Crippen LogP contribution in [0.15, 0.2) is 24.3 Å². The van der Waals surface area contributed by atoms with Gasteiger partial charge < -0.3 is 4.90 Å². The van der Waals surface area contributed by atoms with Crippen molar-refractivity contribution in [1.29, 1.82) is 0 Å². The molecule has 0 N–H and O–H groups in total. The minimum Gasteiger partial charge on any atom is -0.334 e. The van der Waals surface area contributed by atoms with Gasteiger partial charge in [-0.1, -0.05) is 12.1 Å². The second-order valence-electron chi connectivity index (χ2n) is 3.86. The molecule has 0 bridgehead atoms. The summed E-state index contributed by atoms with van der Waals surface area (Å²) >= 11 is 5.35. The Bertz CT molecular complexity index is 418. The highest BCUT2D eigenvalue weighted by Gasteiger charge is 2.46. The third-order valence-electron chi connectivity index (χ3n) is 2.69. The van der Waals surface area contributed by atoms with Gasteiger partial charge in [0, 0.05) is 0 Å². The molecule has 0 aromatic heterocycles. The van der Waals surface area contributed by atoms with Crippen LogP contribution in [0.1, 0.15) is 5.56 Å². The lowest BCUT2D eigenvalue weighted by molar-refractivity contribution is -0.143. The Labute approximate surface area is 96.8 Å². The predicted octanol–water partition coefficient (Wildman–Crippen LogP) is 2.07. The van der Waals surface area contributed by atoms with E-state index in [1.807, 2.05) is 0 Å². The highest BCUT2D eigenvalue weighted by Crippen LogP contribution is 2.36. The van der Waals surface area contributed by atoms with E-state index in [2.05, 4.69) is 0 Å². The van der Waals surface area contributed by atoms with Crippen molar-refractivity contribution in [1.82, 2.24) is 4.90 Å². The van der Waals surface area contributed by atoms with E-state index in [0.717, 1.165) is 6.07 Å². The predicted molar refractivity (Wildman–Crippen MR) is 56.5 cm³/mol. The van der Waals surface area contributed by atoms with Crippen LogP contribution in [0.4, 0.5) is 8.78 Å². The Kier molecular flexibility index (Phi) is 2.84. The molecule has 0 unspecified atom stereocenters. The molecule has 0 aliphatic carbocycles. The van der Waals surface area contributed by atoms with Gasteiger partial charge in [-0.25, -0.2) is 8.78 Å². The van der Waals surface area contributed by atoms with Crippen LogP contribution in [-0.4, -0.2) is 29.8 Å². The maximum Gasteiger partial charge on any atom is 0.237 e. The number of hydrogen-bond acceptors (Lipinski definition) is 1. The van der Waals surface area contributed by atoms with Crippen molar-refractivity contribution in [3.63, 3.8) is 0 Å². The smallest absolute Gasteiger partial charge is 0.237 e. The molecule has 1 fully saturated rings. The number of hydrogen-bond donors (Lipinski definition) is 0. The van der Waals surface area contributed by atoms with Crippen LogP contribution >= 0.6 is 11.6 Å². The van der Waals surface area contributed by atoms with E-state index in [4.69, 9.17) is 11.6 Å².